The molecule has 0 saturated carbocycles. The number of rotatable bonds is 4. The van der Waals surface area contributed by atoms with Gasteiger partial charge in [0.2, 0.25) is 5.16 Å². The number of aromatic nitrogens is 4. The molecule has 0 aliphatic heterocycles. The summed E-state index contributed by atoms with van der Waals surface area (Å²) in [5.41, 5.74) is 0.617. The molecule has 0 aliphatic rings. The molecule has 2 rings (SSSR count). The van der Waals surface area contributed by atoms with Gasteiger partial charge in [-0.3, -0.25) is 8.89 Å². The Kier molecular flexibility index (Phi) is 4.22. The normalized spacial score (nSPS) is 12.2. The smallest absolute Gasteiger partial charge is 0.220 e. The molecule has 0 saturated heterocycles. The molecule has 1 atom stereocenters. The Morgan fingerprint density at radius 1 is 1.55 bits per heavy atom. The molecule has 2 aromatic rings. The van der Waals surface area contributed by atoms with Crippen molar-refractivity contribution < 1.29 is 4.21 Å². The summed E-state index contributed by atoms with van der Waals surface area (Å²) in [6.45, 7) is 0. The maximum atomic E-state index is 11.4. The lowest BCUT2D eigenvalue weighted by molar-refractivity contribution is 0.679. The fourth-order valence-corrected chi connectivity index (χ4v) is 1.89. The van der Waals surface area contributed by atoms with Gasteiger partial charge in [-0.1, -0.05) is 0 Å². The zero-order valence-corrected chi connectivity index (χ0v) is 11.8. The highest BCUT2D eigenvalue weighted by Crippen LogP contribution is 2.19. The minimum absolute atomic E-state index is 0.220. The van der Waals surface area contributed by atoms with Crippen molar-refractivity contribution in [3.8, 4) is 6.07 Å². The summed E-state index contributed by atoms with van der Waals surface area (Å²) >= 11 is 0. The third-order valence-corrected chi connectivity index (χ3v) is 3.06. The van der Waals surface area contributed by atoms with Crippen LogP contribution in [0.25, 0.3) is 6.08 Å². The van der Waals surface area contributed by atoms with Crippen LogP contribution in [-0.4, -0.2) is 30.2 Å². The first-order valence-corrected chi connectivity index (χ1v) is 7.19. The molecule has 0 aromatic carbocycles. The number of allylic oxidation sites excluding steroid dienone is 1. The number of anilines is 2. The summed E-state index contributed by atoms with van der Waals surface area (Å²) < 4.78 is 13.1. The highest BCUT2D eigenvalue weighted by molar-refractivity contribution is 7.84. The highest BCUT2D eigenvalue weighted by atomic mass is 32.2. The second-order valence-electron chi connectivity index (χ2n) is 3.87. The number of nitrogens with one attached hydrogen (secondary N) is 1. The molecule has 1 N–H and O–H groups in total. The average molecular weight is 288 g/mol. The van der Waals surface area contributed by atoms with Gasteiger partial charge in [0.15, 0.2) is 5.82 Å². The molecule has 20 heavy (non-hydrogen) atoms. The van der Waals surface area contributed by atoms with Crippen molar-refractivity contribution in [1.82, 2.24) is 19.7 Å². The van der Waals surface area contributed by atoms with Crippen LogP contribution in [0.1, 0.15) is 5.56 Å². The van der Waals surface area contributed by atoms with E-state index in [0.29, 0.717) is 17.2 Å². The highest BCUT2D eigenvalue weighted by Gasteiger charge is 2.09. The molecule has 2 heterocycles. The summed E-state index contributed by atoms with van der Waals surface area (Å²) in [5, 5.41) is 16.0. The molecule has 0 radical (unpaired) electrons. The second kappa shape index (κ2) is 6.08. The van der Waals surface area contributed by atoms with Gasteiger partial charge in [0.05, 0.1) is 16.9 Å². The Balaban J connectivity index is 2.40. The first-order valence-electron chi connectivity index (χ1n) is 5.63. The molecule has 0 aliphatic carbocycles. The van der Waals surface area contributed by atoms with Crippen LogP contribution in [0.4, 0.5) is 11.6 Å². The standard InChI is InChI=1S/C12H12N6OS/c1-18-7-5-10(17-18)15-11-9(4-3-6-13)8-14-12(16-11)20(2)19/h3-5,7-8H,1-2H3,(H,14,15,16,17). The second-order valence-corrected chi connectivity index (χ2v) is 5.15. The molecular weight excluding hydrogens is 276 g/mol. The summed E-state index contributed by atoms with van der Waals surface area (Å²) in [7, 11) is 0.517. The van der Waals surface area contributed by atoms with Gasteiger partial charge in [-0.15, -0.1) is 0 Å². The Morgan fingerprint density at radius 3 is 2.95 bits per heavy atom. The van der Waals surface area contributed by atoms with E-state index in [4.69, 9.17) is 5.26 Å². The lowest BCUT2D eigenvalue weighted by Crippen LogP contribution is -2.04. The molecule has 0 spiro atoms. The zero-order chi connectivity index (χ0) is 14.5. The lowest BCUT2D eigenvalue weighted by atomic mass is 10.3. The van der Waals surface area contributed by atoms with Gasteiger partial charge < -0.3 is 5.32 Å². The van der Waals surface area contributed by atoms with Gasteiger partial charge in [0, 0.05) is 43.4 Å². The van der Waals surface area contributed by atoms with Crippen LogP contribution < -0.4 is 5.32 Å². The molecule has 7 nitrogen and oxygen atoms in total. The topological polar surface area (TPSA) is 96.5 Å². The van der Waals surface area contributed by atoms with E-state index in [-0.39, 0.29) is 5.16 Å². The van der Waals surface area contributed by atoms with E-state index >= 15 is 0 Å². The van der Waals surface area contributed by atoms with Crippen LogP contribution in [0.3, 0.4) is 0 Å². The van der Waals surface area contributed by atoms with Crippen molar-refractivity contribution in [2.75, 3.05) is 11.6 Å². The number of hydrogen-bond donors (Lipinski definition) is 1. The Bertz CT molecular complexity index is 715. The molecular formula is C12H12N6OS. The first-order chi connectivity index (χ1) is 9.60. The van der Waals surface area contributed by atoms with Crippen LogP contribution in [-0.2, 0) is 17.8 Å². The van der Waals surface area contributed by atoms with Gasteiger partial charge >= 0.3 is 0 Å². The molecule has 0 amide bonds. The number of nitrogens with zero attached hydrogens (tertiary/aromatic N) is 5. The molecule has 1 unspecified atom stereocenters. The van der Waals surface area contributed by atoms with Crippen molar-refractivity contribution in [3.63, 3.8) is 0 Å². The van der Waals surface area contributed by atoms with E-state index in [1.54, 1.807) is 30.1 Å². The first kappa shape index (κ1) is 13.9. The number of nitriles is 1. The van der Waals surface area contributed by atoms with E-state index < -0.39 is 10.8 Å². The summed E-state index contributed by atoms with van der Waals surface area (Å²) in [5.74, 6) is 1.06. The number of hydrogen-bond acceptors (Lipinski definition) is 6. The van der Waals surface area contributed by atoms with Crippen molar-refractivity contribution in [2.45, 2.75) is 5.16 Å². The Labute approximate surface area is 118 Å². The minimum Gasteiger partial charge on any atom is -0.323 e. The molecule has 0 fully saturated rings. The zero-order valence-electron chi connectivity index (χ0n) is 10.9. The molecule has 2 aromatic heterocycles. The summed E-state index contributed by atoms with van der Waals surface area (Å²) in [6.07, 6.45) is 7.71. The van der Waals surface area contributed by atoms with E-state index in [9.17, 15) is 4.21 Å². The van der Waals surface area contributed by atoms with Gasteiger partial charge in [-0.2, -0.15) is 10.4 Å². The summed E-state index contributed by atoms with van der Waals surface area (Å²) in [4.78, 5) is 8.20. The molecule has 8 heteroatoms. The quantitative estimate of drug-likeness (QED) is 0.671. The van der Waals surface area contributed by atoms with Gasteiger partial charge in [-0.25, -0.2) is 9.97 Å². The van der Waals surface area contributed by atoms with Crippen LogP contribution in [0.2, 0.25) is 0 Å². The van der Waals surface area contributed by atoms with E-state index in [1.807, 2.05) is 6.07 Å². The van der Waals surface area contributed by atoms with Crippen LogP contribution in [0.15, 0.2) is 29.7 Å². The van der Waals surface area contributed by atoms with Gasteiger partial charge in [0.1, 0.15) is 5.82 Å². The van der Waals surface area contributed by atoms with E-state index in [1.165, 1.54) is 18.5 Å². The third-order valence-electron chi connectivity index (χ3n) is 2.35. The maximum absolute atomic E-state index is 11.4. The largest absolute Gasteiger partial charge is 0.323 e. The fourth-order valence-electron chi connectivity index (χ4n) is 1.47. The van der Waals surface area contributed by atoms with E-state index in [0.717, 1.165) is 0 Å². The summed E-state index contributed by atoms with van der Waals surface area (Å²) in [6, 6.07) is 3.69. The predicted molar refractivity (Wildman–Crippen MR) is 75.5 cm³/mol. The van der Waals surface area contributed by atoms with Crippen LogP contribution in [0, 0.1) is 11.3 Å². The van der Waals surface area contributed by atoms with Crippen molar-refractivity contribution >= 4 is 28.5 Å². The van der Waals surface area contributed by atoms with Crippen LogP contribution >= 0.6 is 0 Å². The third kappa shape index (κ3) is 3.27. The van der Waals surface area contributed by atoms with E-state index in [2.05, 4.69) is 20.4 Å². The van der Waals surface area contributed by atoms with Gasteiger partial charge in [-0.05, 0) is 6.08 Å². The fraction of sp³-hybridized carbons (Fsp3) is 0.167. The van der Waals surface area contributed by atoms with Crippen molar-refractivity contribution in [2.24, 2.45) is 7.05 Å². The van der Waals surface area contributed by atoms with Crippen molar-refractivity contribution in [1.29, 1.82) is 5.26 Å². The SMILES string of the molecule is Cn1ccc(Nc2nc(S(C)=O)ncc2C=CC#N)n1. The monoisotopic (exact) mass is 288 g/mol. The number of aryl methyl sites for hydroxylation is 1. The van der Waals surface area contributed by atoms with Gasteiger partial charge in [0.25, 0.3) is 0 Å². The lowest BCUT2D eigenvalue weighted by Gasteiger charge is -2.07. The van der Waals surface area contributed by atoms with Crippen molar-refractivity contribution in [3.05, 3.63) is 30.1 Å². The Hall–Kier alpha value is -2.53. The Morgan fingerprint density at radius 2 is 2.35 bits per heavy atom. The molecule has 0 bridgehead atoms. The average Bonchev–Trinajstić information content (AvgIpc) is 2.82. The van der Waals surface area contributed by atoms with Crippen LogP contribution in [0.5, 0.6) is 0 Å². The maximum Gasteiger partial charge on any atom is 0.220 e. The molecule has 102 valence electrons. The predicted octanol–water partition coefficient (Wildman–Crippen LogP) is 1.23. The minimum atomic E-state index is -1.28.